The van der Waals surface area contributed by atoms with Crippen LogP contribution in [0.5, 0.6) is 0 Å². The van der Waals surface area contributed by atoms with E-state index in [0.29, 0.717) is 4.57 Å². The number of sulfonamides is 1. The molecule has 1 fully saturated rings. The summed E-state index contributed by atoms with van der Waals surface area (Å²) >= 11 is 0. The van der Waals surface area contributed by atoms with E-state index >= 15 is 0 Å². The van der Waals surface area contributed by atoms with Crippen molar-refractivity contribution in [3.8, 4) is 0 Å². The first kappa shape index (κ1) is 20.3. The number of aromatic nitrogens is 2. The van der Waals surface area contributed by atoms with Gasteiger partial charge in [-0.05, 0) is 25.0 Å². The monoisotopic (exact) mass is 417 g/mol. The van der Waals surface area contributed by atoms with Gasteiger partial charge in [0, 0.05) is 25.5 Å². The van der Waals surface area contributed by atoms with Crippen LogP contribution in [0.25, 0.3) is 0 Å². The predicted octanol–water partition coefficient (Wildman–Crippen LogP) is 2.56. The van der Waals surface area contributed by atoms with Crippen LogP contribution in [0, 0.1) is 11.7 Å². The van der Waals surface area contributed by atoms with Crippen LogP contribution in [0.15, 0.2) is 41.6 Å². The highest BCUT2D eigenvalue weighted by molar-refractivity contribution is 7.89. The molecule has 0 saturated carbocycles. The molecule has 0 spiro atoms. The van der Waals surface area contributed by atoms with Crippen LogP contribution in [-0.2, 0) is 26.2 Å². The van der Waals surface area contributed by atoms with Gasteiger partial charge in [-0.25, -0.2) is 17.8 Å². The van der Waals surface area contributed by atoms with Crippen molar-refractivity contribution in [1.29, 1.82) is 0 Å². The molecule has 0 unspecified atom stereocenters. The first-order valence-electron chi connectivity index (χ1n) is 8.52. The minimum Gasteiger partial charge on any atom is -0.457 e. The molecule has 28 heavy (non-hydrogen) atoms. The van der Waals surface area contributed by atoms with Crippen molar-refractivity contribution < 1.29 is 31.1 Å². The van der Waals surface area contributed by atoms with E-state index in [9.17, 15) is 26.4 Å². The highest BCUT2D eigenvalue weighted by atomic mass is 32.2. The largest absolute Gasteiger partial charge is 0.457 e. The van der Waals surface area contributed by atoms with E-state index in [1.807, 2.05) is 0 Å². The molecule has 1 aliphatic rings. The summed E-state index contributed by atoms with van der Waals surface area (Å²) in [6.07, 6.45) is 2.65. The Morgan fingerprint density at radius 1 is 1.25 bits per heavy atom. The van der Waals surface area contributed by atoms with Crippen LogP contribution in [0.4, 0.5) is 13.2 Å². The van der Waals surface area contributed by atoms with Crippen LogP contribution in [0.3, 0.4) is 0 Å². The summed E-state index contributed by atoms with van der Waals surface area (Å²) in [5, 5.41) is 0. The molecule has 1 aromatic carbocycles. The van der Waals surface area contributed by atoms with Crippen molar-refractivity contribution in [2.24, 2.45) is 5.92 Å². The Bertz CT molecular complexity index is 941. The molecule has 152 valence electrons. The quantitative estimate of drug-likeness (QED) is 0.675. The van der Waals surface area contributed by atoms with Gasteiger partial charge in [0.15, 0.2) is 5.82 Å². The summed E-state index contributed by atoms with van der Waals surface area (Å²) in [6.45, 7) is -3.13. The highest BCUT2D eigenvalue weighted by Crippen LogP contribution is 2.26. The molecule has 7 nitrogen and oxygen atoms in total. The normalized spacial score (nSPS) is 16.4. The van der Waals surface area contributed by atoms with Gasteiger partial charge in [-0.3, -0.25) is 9.36 Å². The summed E-state index contributed by atoms with van der Waals surface area (Å²) in [7, 11) is -4.00. The Morgan fingerprint density at radius 2 is 1.93 bits per heavy atom. The third-order valence-corrected chi connectivity index (χ3v) is 6.48. The van der Waals surface area contributed by atoms with E-state index in [-0.39, 0.29) is 31.8 Å². The van der Waals surface area contributed by atoms with Gasteiger partial charge >= 0.3 is 12.5 Å². The van der Waals surface area contributed by atoms with Crippen molar-refractivity contribution in [2.45, 2.75) is 30.9 Å². The minimum atomic E-state index is -4.00. The lowest BCUT2D eigenvalue weighted by Crippen LogP contribution is -2.40. The number of esters is 1. The molecule has 11 heteroatoms. The molecule has 2 aromatic rings. The molecule has 0 radical (unpaired) electrons. The number of hydrogen-bond donors (Lipinski definition) is 0. The molecular weight excluding hydrogens is 399 g/mol. The number of rotatable bonds is 6. The zero-order valence-corrected chi connectivity index (χ0v) is 15.5. The third-order valence-electron chi connectivity index (χ3n) is 4.54. The van der Waals surface area contributed by atoms with Crippen molar-refractivity contribution in [3.63, 3.8) is 0 Å². The first-order valence-corrected chi connectivity index (χ1v) is 9.96. The van der Waals surface area contributed by atoms with E-state index in [0.717, 1.165) is 16.6 Å². The van der Waals surface area contributed by atoms with Gasteiger partial charge in [0.05, 0.1) is 5.92 Å². The summed E-state index contributed by atoms with van der Waals surface area (Å²) in [6, 6.07) is 5.09. The molecular formula is C17H18F3N3O4S. The van der Waals surface area contributed by atoms with Gasteiger partial charge in [-0.15, -0.1) is 0 Å². The summed E-state index contributed by atoms with van der Waals surface area (Å²) in [5.74, 6) is -2.09. The first-order chi connectivity index (χ1) is 13.3. The number of ether oxygens (including phenoxy) is 1. The maximum atomic E-state index is 13.8. The third kappa shape index (κ3) is 4.20. The molecule has 0 aliphatic carbocycles. The second-order valence-corrected chi connectivity index (χ2v) is 8.15. The Hall–Kier alpha value is -2.40. The molecule has 1 aliphatic heterocycles. The van der Waals surface area contributed by atoms with E-state index in [2.05, 4.69) is 4.98 Å². The number of imidazole rings is 1. The Labute approximate surface area is 159 Å². The molecule has 0 bridgehead atoms. The number of carbonyl (C=O) groups excluding carboxylic acids is 1. The number of hydrogen-bond acceptors (Lipinski definition) is 5. The summed E-state index contributed by atoms with van der Waals surface area (Å²) in [5.41, 5.74) is 0. The van der Waals surface area contributed by atoms with Crippen LogP contribution in [0.1, 0.15) is 25.2 Å². The number of carbonyl (C=O) groups is 1. The lowest BCUT2D eigenvalue weighted by Gasteiger charge is -2.30. The van der Waals surface area contributed by atoms with Gasteiger partial charge in [-0.1, -0.05) is 12.1 Å². The van der Waals surface area contributed by atoms with Crippen LogP contribution < -0.4 is 0 Å². The van der Waals surface area contributed by atoms with Gasteiger partial charge in [-0.2, -0.15) is 13.1 Å². The van der Waals surface area contributed by atoms with Crippen LogP contribution >= 0.6 is 0 Å². The maximum absolute atomic E-state index is 13.8. The lowest BCUT2D eigenvalue weighted by atomic mass is 9.98. The summed E-state index contributed by atoms with van der Waals surface area (Å²) in [4.78, 5) is 15.5. The van der Waals surface area contributed by atoms with Crippen molar-refractivity contribution in [2.75, 3.05) is 13.1 Å². The van der Waals surface area contributed by atoms with Crippen molar-refractivity contribution in [1.82, 2.24) is 13.9 Å². The number of nitrogens with zero attached hydrogens (tertiary/aromatic N) is 3. The van der Waals surface area contributed by atoms with Gasteiger partial charge in [0.2, 0.25) is 10.0 Å². The molecule has 0 atom stereocenters. The Kier molecular flexibility index (Phi) is 6.04. The molecule has 0 amide bonds. The molecule has 1 saturated heterocycles. The van der Waals surface area contributed by atoms with Crippen LogP contribution in [0.2, 0.25) is 0 Å². The second-order valence-electron chi connectivity index (χ2n) is 6.24. The molecule has 3 rings (SSSR count). The smallest absolute Gasteiger partial charge is 0.320 e. The van der Waals surface area contributed by atoms with Crippen molar-refractivity contribution >= 4 is 16.0 Å². The average molecular weight is 417 g/mol. The molecule has 1 aromatic heterocycles. The molecule has 0 N–H and O–H groups in total. The van der Waals surface area contributed by atoms with E-state index in [4.69, 9.17) is 4.74 Å². The fourth-order valence-electron chi connectivity index (χ4n) is 3.01. The van der Waals surface area contributed by atoms with E-state index < -0.39 is 45.8 Å². The predicted molar refractivity (Wildman–Crippen MR) is 91.2 cm³/mol. The van der Waals surface area contributed by atoms with E-state index in [1.165, 1.54) is 24.4 Å². The second kappa shape index (κ2) is 8.31. The fraction of sp³-hybridized carbons (Fsp3) is 0.412. The van der Waals surface area contributed by atoms with Gasteiger partial charge in [0.25, 0.3) is 0 Å². The number of alkyl halides is 2. The van der Waals surface area contributed by atoms with Crippen molar-refractivity contribution in [3.05, 3.63) is 48.3 Å². The highest BCUT2D eigenvalue weighted by Gasteiger charge is 2.34. The van der Waals surface area contributed by atoms with Gasteiger partial charge in [0.1, 0.15) is 17.3 Å². The standard InChI is InChI=1S/C17H18F3N3O4S/c18-13-3-1-2-4-14(13)28(25,26)22-8-5-12(6-9-22)16(24)27-11-15-21-7-10-23(15)17(19)20/h1-4,7,10,12,17H,5-6,8-9,11H2. The summed E-state index contributed by atoms with van der Waals surface area (Å²) < 4.78 is 71.2. The minimum absolute atomic E-state index is 0.0299. The SMILES string of the molecule is O=C(OCc1nccn1C(F)F)C1CCN(S(=O)(=O)c2ccccc2F)CC1. The Balaban J connectivity index is 1.57. The topological polar surface area (TPSA) is 81.5 Å². The lowest BCUT2D eigenvalue weighted by molar-refractivity contribution is -0.151. The number of piperidine rings is 1. The number of benzene rings is 1. The zero-order valence-electron chi connectivity index (χ0n) is 14.7. The fourth-order valence-corrected chi connectivity index (χ4v) is 4.55. The molecule has 2 heterocycles. The van der Waals surface area contributed by atoms with E-state index in [1.54, 1.807) is 0 Å². The van der Waals surface area contributed by atoms with Gasteiger partial charge < -0.3 is 4.74 Å². The average Bonchev–Trinajstić information content (AvgIpc) is 3.15. The maximum Gasteiger partial charge on any atom is 0.320 e. The number of halogens is 3. The van der Waals surface area contributed by atoms with Crippen LogP contribution in [-0.4, -0.2) is 41.3 Å². The Morgan fingerprint density at radius 3 is 2.57 bits per heavy atom. The zero-order chi connectivity index (χ0) is 20.3.